The highest BCUT2D eigenvalue weighted by Gasteiger charge is 2.25. The molecular weight excluding hydrogens is 343 g/mol. The van der Waals surface area contributed by atoms with Gasteiger partial charge in [0.15, 0.2) is 0 Å². The Morgan fingerprint density at radius 1 is 0.778 bits per heavy atom. The first-order valence-corrected chi connectivity index (χ1v) is 9.63. The number of fused-ring (bicyclic) bond motifs is 1. The van der Waals surface area contributed by atoms with Gasteiger partial charge in [-0.15, -0.1) is 0 Å². The largest absolute Gasteiger partial charge is 0.339 e. The third kappa shape index (κ3) is 3.59. The summed E-state index contributed by atoms with van der Waals surface area (Å²) in [5.41, 5.74) is 3.05. The van der Waals surface area contributed by atoms with Crippen LogP contribution in [0.2, 0.25) is 0 Å². The topological polar surface area (TPSA) is 40.6 Å². The van der Waals surface area contributed by atoms with E-state index in [-0.39, 0.29) is 17.6 Å². The fraction of sp³-hybridized carbons (Fsp3) is 0.364. The molecule has 4 nitrogen and oxygen atoms in total. The van der Waals surface area contributed by atoms with Crippen molar-refractivity contribution in [1.82, 2.24) is 4.90 Å². The Balaban J connectivity index is 1.59. The first-order chi connectivity index (χ1) is 13.1. The minimum absolute atomic E-state index is 0.0829. The van der Waals surface area contributed by atoms with Gasteiger partial charge in [0.1, 0.15) is 5.82 Å². The first kappa shape index (κ1) is 17.7. The molecule has 0 atom stereocenters. The van der Waals surface area contributed by atoms with E-state index in [0.29, 0.717) is 17.7 Å². The van der Waals surface area contributed by atoms with Gasteiger partial charge in [0.25, 0.3) is 11.8 Å². The molecule has 1 fully saturated rings. The number of rotatable bonds is 2. The third-order valence-corrected chi connectivity index (χ3v) is 5.42. The molecule has 0 aromatic heterocycles. The zero-order chi connectivity index (χ0) is 18.8. The van der Waals surface area contributed by atoms with Crippen LogP contribution in [0.4, 0.5) is 10.1 Å². The lowest BCUT2D eigenvalue weighted by atomic mass is 9.97. The number of hydrogen-bond donors (Lipinski definition) is 0. The summed E-state index contributed by atoms with van der Waals surface area (Å²) in [5, 5.41) is 0. The van der Waals surface area contributed by atoms with E-state index in [4.69, 9.17) is 0 Å². The highest BCUT2D eigenvalue weighted by molar-refractivity contribution is 6.07. The maximum Gasteiger partial charge on any atom is 0.258 e. The van der Waals surface area contributed by atoms with Crippen LogP contribution in [-0.4, -0.2) is 36.3 Å². The smallest absolute Gasteiger partial charge is 0.258 e. The maximum atomic E-state index is 13.1. The predicted molar refractivity (Wildman–Crippen MR) is 103 cm³/mol. The van der Waals surface area contributed by atoms with Crippen molar-refractivity contribution < 1.29 is 14.0 Å². The summed E-state index contributed by atoms with van der Waals surface area (Å²) in [5.74, 6) is -0.406. The van der Waals surface area contributed by atoms with Crippen molar-refractivity contribution in [2.75, 3.05) is 24.5 Å². The van der Waals surface area contributed by atoms with E-state index >= 15 is 0 Å². The molecule has 2 aromatic rings. The Morgan fingerprint density at radius 3 is 2.22 bits per heavy atom. The molecule has 1 saturated heterocycles. The van der Waals surface area contributed by atoms with Crippen molar-refractivity contribution in [3.8, 4) is 0 Å². The summed E-state index contributed by atoms with van der Waals surface area (Å²) in [7, 11) is 0. The number of halogens is 1. The summed E-state index contributed by atoms with van der Waals surface area (Å²) in [4.78, 5) is 29.3. The van der Waals surface area contributed by atoms with Crippen molar-refractivity contribution in [2.24, 2.45) is 0 Å². The Labute approximate surface area is 158 Å². The van der Waals surface area contributed by atoms with Gasteiger partial charge in [0.05, 0.1) is 0 Å². The molecule has 0 N–H and O–H groups in total. The minimum Gasteiger partial charge on any atom is -0.339 e. The molecule has 2 aliphatic rings. The molecule has 0 bridgehead atoms. The number of amides is 2. The van der Waals surface area contributed by atoms with Crippen LogP contribution in [0.1, 0.15) is 52.0 Å². The lowest BCUT2D eigenvalue weighted by Crippen LogP contribution is -2.37. The van der Waals surface area contributed by atoms with E-state index in [2.05, 4.69) is 0 Å². The quantitative estimate of drug-likeness (QED) is 0.805. The summed E-state index contributed by atoms with van der Waals surface area (Å²) >= 11 is 0. The molecule has 140 valence electrons. The molecule has 0 unspecified atom stereocenters. The number of anilines is 1. The predicted octanol–water partition coefficient (Wildman–Crippen LogP) is 4.04. The SMILES string of the molecule is O=C(c1ccc2c(c1)CCCN2C(=O)c1ccc(F)cc1)N1CCCCC1. The van der Waals surface area contributed by atoms with Gasteiger partial charge in [0, 0.05) is 36.4 Å². The van der Waals surface area contributed by atoms with Gasteiger partial charge in [-0.1, -0.05) is 0 Å². The van der Waals surface area contributed by atoms with Crippen LogP contribution >= 0.6 is 0 Å². The summed E-state index contributed by atoms with van der Waals surface area (Å²) in [6.45, 7) is 2.28. The monoisotopic (exact) mass is 366 g/mol. The first-order valence-electron chi connectivity index (χ1n) is 9.63. The average molecular weight is 366 g/mol. The van der Waals surface area contributed by atoms with E-state index in [1.54, 1.807) is 4.90 Å². The number of aryl methyl sites for hydroxylation is 1. The second-order valence-corrected chi connectivity index (χ2v) is 7.26. The van der Waals surface area contributed by atoms with Crippen molar-refractivity contribution in [2.45, 2.75) is 32.1 Å². The van der Waals surface area contributed by atoms with Crippen molar-refractivity contribution in [3.63, 3.8) is 0 Å². The van der Waals surface area contributed by atoms with Gasteiger partial charge in [-0.3, -0.25) is 9.59 Å². The maximum absolute atomic E-state index is 13.1. The Kier molecular flexibility index (Phi) is 4.92. The number of piperidine rings is 1. The number of nitrogens with zero attached hydrogens (tertiary/aromatic N) is 2. The van der Waals surface area contributed by atoms with Crippen LogP contribution in [0.5, 0.6) is 0 Å². The lowest BCUT2D eigenvalue weighted by molar-refractivity contribution is 0.0724. The fourth-order valence-corrected chi connectivity index (χ4v) is 3.97. The zero-order valence-corrected chi connectivity index (χ0v) is 15.3. The minimum atomic E-state index is -0.355. The van der Waals surface area contributed by atoms with E-state index in [1.165, 1.54) is 30.7 Å². The second kappa shape index (κ2) is 7.51. The van der Waals surface area contributed by atoms with E-state index in [9.17, 15) is 14.0 Å². The van der Waals surface area contributed by atoms with E-state index in [0.717, 1.165) is 50.0 Å². The standard InChI is InChI=1S/C22H23FN2O2/c23-19-9-6-16(7-10-19)22(27)25-14-4-5-17-15-18(8-11-20(17)25)21(26)24-12-2-1-3-13-24/h6-11,15H,1-5,12-14H2. The van der Waals surface area contributed by atoms with Crippen LogP contribution in [0, 0.1) is 5.82 Å². The second-order valence-electron chi connectivity index (χ2n) is 7.26. The third-order valence-electron chi connectivity index (χ3n) is 5.42. The molecular formula is C22H23FN2O2. The molecule has 0 spiro atoms. The van der Waals surface area contributed by atoms with Crippen molar-refractivity contribution in [1.29, 1.82) is 0 Å². The van der Waals surface area contributed by atoms with Crippen LogP contribution in [0.3, 0.4) is 0 Å². The van der Waals surface area contributed by atoms with Crippen LogP contribution in [-0.2, 0) is 6.42 Å². The number of benzene rings is 2. The molecule has 0 radical (unpaired) electrons. The van der Waals surface area contributed by atoms with Crippen LogP contribution < -0.4 is 4.90 Å². The number of hydrogen-bond acceptors (Lipinski definition) is 2. The van der Waals surface area contributed by atoms with Crippen molar-refractivity contribution >= 4 is 17.5 Å². The van der Waals surface area contributed by atoms with Crippen molar-refractivity contribution in [3.05, 3.63) is 65.0 Å². The Hall–Kier alpha value is -2.69. The lowest BCUT2D eigenvalue weighted by Gasteiger charge is -2.31. The highest BCUT2D eigenvalue weighted by Crippen LogP contribution is 2.30. The zero-order valence-electron chi connectivity index (χ0n) is 15.3. The molecule has 2 amide bonds. The molecule has 27 heavy (non-hydrogen) atoms. The van der Waals surface area contributed by atoms with Crippen LogP contribution in [0.25, 0.3) is 0 Å². The number of carbonyl (C=O) groups is 2. The van der Waals surface area contributed by atoms with Gasteiger partial charge in [-0.05, 0) is 80.1 Å². The molecule has 2 heterocycles. The molecule has 5 heteroatoms. The molecule has 0 saturated carbocycles. The summed E-state index contributed by atoms with van der Waals surface area (Å²) < 4.78 is 13.1. The molecule has 2 aliphatic heterocycles. The van der Waals surface area contributed by atoms with Gasteiger partial charge in [0.2, 0.25) is 0 Å². The van der Waals surface area contributed by atoms with Gasteiger partial charge in [-0.25, -0.2) is 4.39 Å². The summed E-state index contributed by atoms with van der Waals surface area (Å²) in [6, 6.07) is 11.3. The number of carbonyl (C=O) groups excluding carboxylic acids is 2. The van der Waals surface area contributed by atoms with Gasteiger partial charge in [-0.2, -0.15) is 0 Å². The Bertz CT molecular complexity index is 857. The number of likely N-dealkylation sites (tertiary alicyclic amines) is 1. The van der Waals surface area contributed by atoms with E-state index in [1.807, 2.05) is 23.1 Å². The average Bonchev–Trinajstić information content (AvgIpc) is 2.73. The molecule has 2 aromatic carbocycles. The van der Waals surface area contributed by atoms with E-state index < -0.39 is 0 Å². The Morgan fingerprint density at radius 2 is 1.48 bits per heavy atom. The van der Waals surface area contributed by atoms with Gasteiger partial charge >= 0.3 is 0 Å². The molecule has 0 aliphatic carbocycles. The normalized spacial score (nSPS) is 16.8. The van der Waals surface area contributed by atoms with Crippen LogP contribution in [0.15, 0.2) is 42.5 Å². The van der Waals surface area contributed by atoms with Gasteiger partial charge < -0.3 is 9.80 Å². The highest BCUT2D eigenvalue weighted by atomic mass is 19.1. The summed E-state index contributed by atoms with van der Waals surface area (Å²) in [6.07, 6.45) is 5.02. The molecule has 4 rings (SSSR count). The fourth-order valence-electron chi connectivity index (χ4n) is 3.97.